The molecular weight excluding hydrogens is 352 g/mol. The summed E-state index contributed by atoms with van der Waals surface area (Å²) in [6.07, 6.45) is 2.76. The maximum Gasteiger partial charge on any atom is 0.184 e. The second-order valence-corrected chi connectivity index (χ2v) is 7.40. The molecule has 1 aromatic heterocycles. The number of Topliss-reactive ketones (excluding diaryl/α,β-unsaturated/α-hetero) is 2. The molecule has 1 saturated heterocycles. The van der Waals surface area contributed by atoms with Crippen molar-refractivity contribution in [3.8, 4) is 5.75 Å². The standard InChI is InChI=1S/C23H28N2O3/c1-3-15-28-22-10-5-4-8-19(22)21(26)16-18-7-6-9-20(24-18)23(27)17-11-13-25(2)14-12-17/h4-10,17H,3,11-16H2,1-2H3. The molecular formula is C23H28N2O3. The number of hydrogen-bond acceptors (Lipinski definition) is 5. The molecule has 0 unspecified atom stereocenters. The van der Waals surface area contributed by atoms with Crippen molar-refractivity contribution in [1.82, 2.24) is 9.88 Å². The Hall–Kier alpha value is -2.53. The Morgan fingerprint density at radius 2 is 1.86 bits per heavy atom. The molecule has 3 rings (SSSR count). The first-order chi connectivity index (χ1) is 13.6. The van der Waals surface area contributed by atoms with Gasteiger partial charge in [0.25, 0.3) is 0 Å². The molecule has 1 fully saturated rings. The Kier molecular flexibility index (Phi) is 6.93. The molecule has 148 valence electrons. The van der Waals surface area contributed by atoms with Crippen molar-refractivity contribution in [2.45, 2.75) is 32.6 Å². The van der Waals surface area contributed by atoms with Gasteiger partial charge in [-0.05, 0) is 63.7 Å². The van der Waals surface area contributed by atoms with E-state index in [1.165, 1.54) is 0 Å². The van der Waals surface area contributed by atoms with Gasteiger partial charge < -0.3 is 9.64 Å². The van der Waals surface area contributed by atoms with E-state index < -0.39 is 0 Å². The fraction of sp³-hybridized carbons (Fsp3) is 0.435. The van der Waals surface area contributed by atoms with Crippen LogP contribution in [0.3, 0.4) is 0 Å². The summed E-state index contributed by atoms with van der Waals surface area (Å²) in [5.41, 5.74) is 1.65. The van der Waals surface area contributed by atoms with Crippen LogP contribution >= 0.6 is 0 Å². The fourth-order valence-electron chi connectivity index (χ4n) is 3.49. The summed E-state index contributed by atoms with van der Waals surface area (Å²) < 4.78 is 5.70. The zero-order valence-corrected chi connectivity index (χ0v) is 16.7. The summed E-state index contributed by atoms with van der Waals surface area (Å²) in [6, 6.07) is 12.7. The van der Waals surface area contributed by atoms with Gasteiger partial charge in [-0.3, -0.25) is 9.59 Å². The molecule has 0 bridgehead atoms. The highest BCUT2D eigenvalue weighted by molar-refractivity contribution is 6.00. The van der Waals surface area contributed by atoms with Crippen LogP contribution < -0.4 is 4.74 Å². The van der Waals surface area contributed by atoms with Crippen molar-refractivity contribution >= 4 is 11.6 Å². The number of rotatable bonds is 8. The van der Waals surface area contributed by atoms with E-state index >= 15 is 0 Å². The Balaban J connectivity index is 1.71. The van der Waals surface area contributed by atoms with Gasteiger partial charge in [-0.1, -0.05) is 25.1 Å². The fourth-order valence-corrected chi connectivity index (χ4v) is 3.49. The van der Waals surface area contributed by atoms with Gasteiger partial charge in [-0.2, -0.15) is 0 Å². The monoisotopic (exact) mass is 380 g/mol. The summed E-state index contributed by atoms with van der Waals surface area (Å²) in [7, 11) is 2.08. The summed E-state index contributed by atoms with van der Waals surface area (Å²) in [4.78, 5) is 32.3. The number of nitrogens with zero attached hydrogens (tertiary/aromatic N) is 2. The summed E-state index contributed by atoms with van der Waals surface area (Å²) >= 11 is 0. The molecule has 0 spiro atoms. The highest BCUT2D eigenvalue weighted by Gasteiger charge is 2.25. The number of para-hydroxylation sites is 1. The molecule has 2 aromatic rings. The number of ketones is 2. The number of piperidine rings is 1. The zero-order valence-electron chi connectivity index (χ0n) is 16.7. The van der Waals surface area contributed by atoms with E-state index in [0.29, 0.717) is 29.3 Å². The van der Waals surface area contributed by atoms with Gasteiger partial charge in [0.05, 0.1) is 18.6 Å². The number of aromatic nitrogens is 1. The molecule has 0 saturated carbocycles. The molecule has 1 aromatic carbocycles. The van der Waals surface area contributed by atoms with Gasteiger partial charge in [-0.25, -0.2) is 4.98 Å². The zero-order chi connectivity index (χ0) is 19.9. The normalized spacial score (nSPS) is 15.4. The van der Waals surface area contributed by atoms with Crippen molar-refractivity contribution in [3.63, 3.8) is 0 Å². The van der Waals surface area contributed by atoms with Crippen LogP contribution in [0.4, 0.5) is 0 Å². The van der Waals surface area contributed by atoms with E-state index in [9.17, 15) is 9.59 Å². The lowest BCUT2D eigenvalue weighted by Gasteiger charge is -2.27. The van der Waals surface area contributed by atoms with Crippen molar-refractivity contribution in [2.24, 2.45) is 5.92 Å². The number of carbonyl (C=O) groups is 2. The number of carbonyl (C=O) groups excluding carboxylic acids is 2. The van der Waals surface area contributed by atoms with E-state index in [-0.39, 0.29) is 23.9 Å². The van der Waals surface area contributed by atoms with Crippen LogP contribution in [-0.4, -0.2) is 48.2 Å². The highest BCUT2D eigenvalue weighted by Crippen LogP contribution is 2.22. The van der Waals surface area contributed by atoms with E-state index in [1.54, 1.807) is 18.2 Å². The van der Waals surface area contributed by atoms with Crippen LogP contribution in [0.5, 0.6) is 5.75 Å². The van der Waals surface area contributed by atoms with Crippen molar-refractivity contribution in [1.29, 1.82) is 0 Å². The van der Waals surface area contributed by atoms with E-state index in [1.807, 2.05) is 31.2 Å². The lowest BCUT2D eigenvalue weighted by molar-refractivity contribution is 0.0850. The van der Waals surface area contributed by atoms with Gasteiger partial charge in [0.1, 0.15) is 11.4 Å². The van der Waals surface area contributed by atoms with Crippen LogP contribution in [0, 0.1) is 5.92 Å². The number of hydrogen-bond donors (Lipinski definition) is 0. The molecule has 0 amide bonds. The first-order valence-electron chi connectivity index (χ1n) is 10.0. The third kappa shape index (κ3) is 5.04. The minimum atomic E-state index is -0.0527. The lowest BCUT2D eigenvalue weighted by Crippen LogP contribution is -2.33. The molecule has 1 aliphatic heterocycles. The molecule has 0 aliphatic carbocycles. The molecule has 28 heavy (non-hydrogen) atoms. The molecule has 5 heteroatoms. The average Bonchev–Trinajstić information content (AvgIpc) is 2.72. The molecule has 0 atom stereocenters. The summed E-state index contributed by atoms with van der Waals surface area (Å²) in [6.45, 7) is 4.47. The van der Waals surface area contributed by atoms with Gasteiger partial charge in [0.2, 0.25) is 0 Å². The molecule has 0 radical (unpaired) electrons. The smallest absolute Gasteiger partial charge is 0.184 e. The summed E-state index contributed by atoms with van der Waals surface area (Å²) in [5, 5.41) is 0. The number of benzene rings is 1. The Morgan fingerprint density at radius 1 is 1.11 bits per heavy atom. The molecule has 1 aliphatic rings. The largest absolute Gasteiger partial charge is 0.493 e. The Bertz CT molecular complexity index is 826. The quantitative estimate of drug-likeness (QED) is 0.652. The van der Waals surface area contributed by atoms with E-state index in [2.05, 4.69) is 16.9 Å². The molecule has 5 nitrogen and oxygen atoms in total. The maximum atomic E-state index is 12.8. The van der Waals surface area contributed by atoms with E-state index in [4.69, 9.17) is 4.74 Å². The predicted octanol–water partition coefficient (Wildman–Crippen LogP) is 3.82. The van der Waals surface area contributed by atoms with Crippen molar-refractivity contribution in [3.05, 3.63) is 59.4 Å². The third-order valence-corrected chi connectivity index (χ3v) is 5.14. The third-order valence-electron chi connectivity index (χ3n) is 5.14. The topological polar surface area (TPSA) is 59.5 Å². The SMILES string of the molecule is CCCOc1ccccc1C(=O)Cc1cccc(C(=O)C2CCN(C)CC2)n1. The van der Waals surface area contributed by atoms with Crippen LogP contribution in [-0.2, 0) is 6.42 Å². The van der Waals surface area contributed by atoms with Gasteiger partial charge in [-0.15, -0.1) is 0 Å². The van der Waals surface area contributed by atoms with Crippen molar-refractivity contribution < 1.29 is 14.3 Å². The predicted molar refractivity (Wildman–Crippen MR) is 109 cm³/mol. The Morgan fingerprint density at radius 3 is 2.61 bits per heavy atom. The van der Waals surface area contributed by atoms with Crippen LogP contribution in [0.25, 0.3) is 0 Å². The number of ether oxygens (including phenoxy) is 1. The first kappa shape index (κ1) is 20.2. The highest BCUT2D eigenvalue weighted by atomic mass is 16.5. The second kappa shape index (κ2) is 9.60. The minimum Gasteiger partial charge on any atom is -0.493 e. The minimum absolute atomic E-state index is 0.0258. The van der Waals surface area contributed by atoms with Crippen LogP contribution in [0.2, 0.25) is 0 Å². The number of likely N-dealkylation sites (tertiary alicyclic amines) is 1. The van der Waals surface area contributed by atoms with Crippen LogP contribution in [0.1, 0.15) is 52.7 Å². The van der Waals surface area contributed by atoms with Gasteiger partial charge >= 0.3 is 0 Å². The van der Waals surface area contributed by atoms with Crippen LogP contribution in [0.15, 0.2) is 42.5 Å². The van der Waals surface area contributed by atoms with Gasteiger partial charge in [0.15, 0.2) is 11.6 Å². The lowest BCUT2D eigenvalue weighted by atomic mass is 9.91. The first-order valence-corrected chi connectivity index (χ1v) is 10.0. The Labute approximate surface area is 166 Å². The number of pyridine rings is 1. The summed E-state index contributed by atoms with van der Waals surface area (Å²) in [5.74, 6) is 0.669. The maximum absolute atomic E-state index is 12.8. The second-order valence-electron chi connectivity index (χ2n) is 7.40. The molecule has 0 N–H and O–H groups in total. The van der Waals surface area contributed by atoms with Gasteiger partial charge in [0, 0.05) is 11.6 Å². The average molecular weight is 380 g/mol. The molecule has 2 heterocycles. The van der Waals surface area contributed by atoms with E-state index in [0.717, 1.165) is 32.4 Å². The van der Waals surface area contributed by atoms with Crippen molar-refractivity contribution in [2.75, 3.05) is 26.7 Å².